The van der Waals surface area contributed by atoms with E-state index in [0.29, 0.717) is 23.3 Å². The molecule has 162 valence electrons. The molecule has 4 nitrogen and oxygen atoms in total. The summed E-state index contributed by atoms with van der Waals surface area (Å²) in [6, 6.07) is 2.07. The molecule has 5 rings (SSSR count). The fourth-order valence-electron chi connectivity index (χ4n) is 8.30. The SMILES string of the molecule is C[C@H]1CC[C@]2(F)C3CC[C@@]4(C)C(CC[C@@H]4C(=O)Cn4cc(C#N)cn4)[C@@H]3CC[C@@H]2C1. The monoisotopic (exact) mass is 411 g/mol. The molecule has 0 bridgehead atoms. The maximum absolute atomic E-state index is 16.4. The third-order valence-electron chi connectivity index (χ3n) is 9.76. The molecule has 0 radical (unpaired) electrons. The number of halogens is 1. The van der Waals surface area contributed by atoms with Gasteiger partial charge in [-0.25, -0.2) is 4.39 Å². The average molecular weight is 412 g/mol. The van der Waals surface area contributed by atoms with Gasteiger partial charge in [-0.2, -0.15) is 10.4 Å². The van der Waals surface area contributed by atoms with Crippen LogP contribution in [-0.4, -0.2) is 21.2 Å². The van der Waals surface area contributed by atoms with E-state index in [1.54, 1.807) is 10.9 Å². The van der Waals surface area contributed by atoms with Crippen LogP contribution in [0.5, 0.6) is 0 Å². The number of fused-ring (bicyclic) bond motifs is 5. The van der Waals surface area contributed by atoms with Crippen molar-refractivity contribution in [3.05, 3.63) is 18.0 Å². The molecule has 2 unspecified atom stereocenters. The van der Waals surface area contributed by atoms with Crippen molar-refractivity contribution in [2.75, 3.05) is 0 Å². The Morgan fingerprint density at radius 1 is 1.23 bits per heavy atom. The first-order chi connectivity index (χ1) is 14.3. The van der Waals surface area contributed by atoms with Gasteiger partial charge in [-0.1, -0.05) is 13.8 Å². The molecule has 0 aromatic carbocycles. The summed E-state index contributed by atoms with van der Waals surface area (Å²) >= 11 is 0. The van der Waals surface area contributed by atoms with Crippen molar-refractivity contribution in [2.24, 2.45) is 40.9 Å². The van der Waals surface area contributed by atoms with Gasteiger partial charge in [0.15, 0.2) is 5.78 Å². The molecule has 8 atom stereocenters. The smallest absolute Gasteiger partial charge is 0.157 e. The first kappa shape index (κ1) is 20.2. The van der Waals surface area contributed by atoms with Gasteiger partial charge in [0.25, 0.3) is 0 Å². The first-order valence-corrected chi connectivity index (χ1v) is 12.0. The van der Waals surface area contributed by atoms with Gasteiger partial charge in [0.2, 0.25) is 0 Å². The molecule has 1 aromatic heterocycles. The molecule has 1 heterocycles. The molecular weight excluding hydrogens is 377 g/mol. The molecular formula is C25H34FN3O. The fraction of sp³-hybridized carbons (Fsp3) is 0.800. The zero-order chi connectivity index (χ0) is 21.1. The first-order valence-electron chi connectivity index (χ1n) is 12.0. The summed E-state index contributed by atoms with van der Waals surface area (Å²) < 4.78 is 18.0. The minimum atomic E-state index is -0.957. The number of alkyl halides is 1. The lowest BCUT2D eigenvalue weighted by Crippen LogP contribution is -2.56. The standard InChI is InChI=1S/C25H34FN3O/c1-16-7-10-25(26)18(11-16)3-4-19-20-5-6-22(24(20,2)9-8-21(19)25)23(30)15-29-14-17(12-27)13-28-29/h13-14,16,18-22H,3-11,15H2,1-2H3/t16-,18+,19-,20?,21?,22+,24-,25+/m0/s1. The van der Waals surface area contributed by atoms with E-state index < -0.39 is 5.67 Å². The quantitative estimate of drug-likeness (QED) is 0.676. The number of hydrogen-bond donors (Lipinski definition) is 0. The minimum Gasteiger partial charge on any atom is -0.297 e. The van der Waals surface area contributed by atoms with Crippen LogP contribution in [0.25, 0.3) is 0 Å². The predicted octanol–water partition coefficient (Wildman–Crippen LogP) is 5.32. The Kier molecular flexibility index (Phi) is 4.84. The lowest BCUT2D eigenvalue weighted by Gasteiger charge is -2.58. The molecule has 0 amide bonds. The summed E-state index contributed by atoms with van der Waals surface area (Å²) in [4.78, 5) is 13.2. The topological polar surface area (TPSA) is 58.7 Å². The van der Waals surface area contributed by atoms with Crippen LogP contribution >= 0.6 is 0 Å². The number of rotatable bonds is 3. The molecule has 0 N–H and O–H groups in total. The summed E-state index contributed by atoms with van der Waals surface area (Å²) in [6.07, 6.45) is 12.1. The maximum atomic E-state index is 16.4. The Morgan fingerprint density at radius 3 is 2.83 bits per heavy atom. The largest absolute Gasteiger partial charge is 0.297 e. The van der Waals surface area contributed by atoms with E-state index in [0.717, 1.165) is 57.8 Å². The normalized spacial score (nSPS) is 45.1. The second-order valence-corrected chi connectivity index (χ2v) is 11.1. The Labute approximate surface area is 179 Å². The molecule has 4 fully saturated rings. The highest BCUT2D eigenvalue weighted by Crippen LogP contribution is 2.66. The lowest BCUT2D eigenvalue weighted by molar-refractivity contribution is -0.146. The minimum absolute atomic E-state index is 0.00534. The fourth-order valence-corrected chi connectivity index (χ4v) is 8.30. The van der Waals surface area contributed by atoms with E-state index in [-0.39, 0.29) is 35.5 Å². The molecule has 4 aliphatic rings. The molecule has 4 aliphatic carbocycles. The third kappa shape index (κ3) is 2.97. The Morgan fingerprint density at radius 2 is 2.07 bits per heavy atom. The maximum Gasteiger partial charge on any atom is 0.157 e. The van der Waals surface area contributed by atoms with Crippen LogP contribution in [0, 0.1) is 52.3 Å². The van der Waals surface area contributed by atoms with Crippen LogP contribution in [0.2, 0.25) is 0 Å². The number of nitrogens with zero attached hydrogens (tertiary/aromatic N) is 3. The van der Waals surface area contributed by atoms with Crippen molar-refractivity contribution >= 4 is 5.78 Å². The van der Waals surface area contributed by atoms with Crippen LogP contribution in [0.4, 0.5) is 4.39 Å². The predicted molar refractivity (Wildman–Crippen MR) is 112 cm³/mol. The van der Waals surface area contributed by atoms with E-state index in [9.17, 15) is 4.79 Å². The van der Waals surface area contributed by atoms with Crippen molar-refractivity contribution in [2.45, 2.75) is 83.8 Å². The highest BCUT2D eigenvalue weighted by Gasteiger charge is 2.62. The third-order valence-corrected chi connectivity index (χ3v) is 9.76. The summed E-state index contributed by atoms with van der Waals surface area (Å²) in [5.41, 5.74) is -0.471. The molecule has 0 saturated heterocycles. The van der Waals surface area contributed by atoms with Crippen LogP contribution in [0.1, 0.15) is 77.2 Å². The molecule has 0 aliphatic heterocycles. The van der Waals surface area contributed by atoms with Gasteiger partial charge in [0.1, 0.15) is 11.7 Å². The number of carbonyl (C=O) groups is 1. The Hall–Kier alpha value is -1.70. The zero-order valence-electron chi connectivity index (χ0n) is 18.3. The number of ketones is 1. The highest BCUT2D eigenvalue weighted by atomic mass is 19.1. The number of nitriles is 1. The van der Waals surface area contributed by atoms with Crippen molar-refractivity contribution in [3.8, 4) is 6.07 Å². The average Bonchev–Trinajstić information content (AvgIpc) is 3.32. The van der Waals surface area contributed by atoms with Crippen molar-refractivity contribution < 1.29 is 9.18 Å². The summed E-state index contributed by atoms with van der Waals surface area (Å²) in [6.45, 7) is 4.85. The van der Waals surface area contributed by atoms with Crippen LogP contribution in [-0.2, 0) is 11.3 Å². The van der Waals surface area contributed by atoms with Gasteiger partial charge in [0, 0.05) is 12.1 Å². The molecule has 30 heavy (non-hydrogen) atoms. The molecule has 5 heteroatoms. The Bertz CT molecular complexity index is 874. The molecule has 0 spiro atoms. The van der Waals surface area contributed by atoms with Gasteiger partial charge < -0.3 is 0 Å². The highest BCUT2D eigenvalue weighted by molar-refractivity contribution is 5.82. The summed E-state index contributed by atoms with van der Waals surface area (Å²) in [5, 5.41) is 13.2. The second-order valence-electron chi connectivity index (χ2n) is 11.1. The van der Waals surface area contributed by atoms with Crippen LogP contribution in [0.3, 0.4) is 0 Å². The summed E-state index contributed by atoms with van der Waals surface area (Å²) in [5.74, 6) is 2.34. The van der Waals surface area contributed by atoms with Gasteiger partial charge >= 0.3 is 0 Å². The van der Waals surface area contributed by atoms with Crippen LogP contribution < -0.4 is 0 Å². The number of aromatic nitrogens is 2. The van der Waals surface area contributed by atoms with E-state index in [1.807, 2.05) is 0 Å². The lowest BCUT2D eigenvalue weighted by atomic mass is 9.48. The van der Waals surface area contributed by atoms with Crippen LogP contribution in [0.15, 0.2) is 12.4 Å². The second kappa shape index (κ2) is 7.18. The van der Waals surface area contributed by atoms with E-state index in [2.05, 4.69) is 25.0 Å². The van der Waals surface area contributed by atoms with E-state index in [4.69, 9.17) is 5.26 Å². The molecule has 1 aromatic rings. The number of hydrogen-bond acceptors (Lipinski definition) is 3. The zero-order valence-corrected chi connectivity index (χ0v) is 18.3. The number of Topliss-reactive ketones (excluding diaryl/α,β-unsaturated/α-hetero) is 1. The van der Waals surface area contributed by atoms with E-state index in [1.165, 1.54) is 6.20 Å². The van der Waals surface area contributed by atoms with Gasteiger partial charge in [0.05, 0.1) is 18.3 Å². The van der Waals surface area contributed by atoms with Crippen molar-refractivity contribution in [1.29, 1.82) is 5.26 Å². The van der Waals surface area contributed by atoms with Gasteiger partial charge in [-0.3, -0.25) is 9.48 Å². The Balaban J connectivity index is 1.34. The van der Waals surface area contributed by atoms with Gasteiger partial charge in [-0.05, 0) is 92.8 Å². The molecule has 4 saturated carbocycles. The van der Waals surface area contributed by atoms with Crippen molar-refractivity contribution in [3.63, 3.8) is 0 Å². The number of carbonyl (C=O) groups excluding carboxylic acids is 1. The summed E-state index contributed by atoms with van der Waals surface area (Å²) in [7, 11) is 0. The van der Waals surface area contributed by atoms with Gasteiger partial charge in [-0.15, -0.1) is 0 Å². The van der Waals surface area contributed by atoms with E-state index >= 15 is 4.39 Å². The van der Waals surface area contributed by atoms with Crippen molar-refractivity contribution in [1.82, 2.24) is 9.78 Å².